The molecule has 2 atom stereocenters. The van der Waals surface area contributed by atoms with Crippen LogP contribution < -0.4 is 51.4 Å². The van der Waals surface area contributed by atoms with Crippen LogP contribution in [0.3, 0.4) is 0 Å². The molecule has 28 heavy (non-hydrogen) atoms. The van der Waals surface area contributed by atoms with Crippen molar-refractivity contribution in [3.05, 3.63) is 0 Å². The minimum Gasteiger partial charge on any atom is -0.748 e. The Hall–Kier alpha value is 1.51. The third kappa shape index (κ3) is 20.8. The van der Waals surface area contributed by atoms with Crippen LogP contribution in [0.4, 0.5) is 0 Å². The first-order chi connectivity index (χ1) is 12.9. The molecule has 0 aliphatic heterocycles. The van der Waals surface area contributed by atoms with Crippen molar-refractivity contribution in [3.63, 3.8) is 0 Å². The second-order valence-corrected chi connectivity index (χ2v) is 9.82. The van der Waals surface area contributed by atoms with Crippen molar-refractivity contribution >= 4 is 10.1 Å². The van der Waals surface area contributed by atoms with Gasteiger partial charge in [0.2, 0.25) is 0 Å². The van der Waals surface area contributed by atoms with Crippen molar-refractivity contribution in [2.24, 2.45) is 0 Å². The molecule has 0 bridgehead atoms. The van der Waals surface area contributed by atoms with E-state index in [1.807, 2.05) is 6.92 Å². The molecule has 0 aliphatic carbocycles. The number of aliphatic hydroxyl groups is 1. The van der Waals surface area contributed by atoms with Crippen LogP contribution in [0.2, 0.25) is 0 Å². The van der Waals surface area contributed by atoms with Crippen molar-refractivity contribution in [3.8, 4) is 0 Å². The van der Waals surface area contributed by atoms with E-state index < -0.39 is 15.4 Å². The van der Waals surface area contributed by atoms with E-state index >= 15 is 0 Å². The monoisotopic (exact) mass is 444 g/mol. The first-order valence-electron chi connectivity index (χ1n) is 11.5. The van der Waals surface area contributed by atoms with Crippen LogP contribution in [0.5, 0.6) is 0 Å². The Bertz CT molecular complexity index is 415. The van der Waals surface area contributed by atoms with Crippen LogP contribution in [-0.4, -0.2) is 29.4 Å². The topological polar surface area (TPSA) is 77.4 Å². The molecule has 0 amide bonds. The fraction of sp³-hybridized carbons (Fsp3) is 1.00. The van der Waals surface area contributed by atoms with Gasteiger partial charge in [0.25, 0.3) is 0 Å². The molecule has 0 aromatic heterocycles. The second-order valence-electron chi connectivity index (χ2n) is 8.17. The Kier molecular flexibility index (Phi) is 24.6. The summed E-state index contributed by atoms with van der Waals surface area (Å²) in [5.74, 6) is 0. The van der Waals surface area contributed by atoms with Crippen LogP contribution in [0, 0.1) is 0 Å². The van der Waals surface area contributed by atoms with Crippen LogP contribution in [0.15, 0.2) is 0 Å². The Morgan fingerprint density at radius 2 is 1.04 bits per heavy atom. The molecule has 0 spiro atoms. The van der Waals surface area contributed by atoms with Gasteiger partial charge in [-0.25, -0.2) is 8.42 Å². The Morgan fingerprint density at radius 1 is 0.643 bits per heavy atom. The molecular formula is C22H45KO4S. The zero-order valence-corrected chi connectivity index (χ0v) is 22.9. The molecule has 4 nitrogen and oxygen atoms in total. The van der Waals surface area contributed by atoms with Gasteiger partial charge in [0.15, 0.2) is 0 Å². The average molecular weight is 445 g/mol. The van der Waals surface area contributed by atoms with Crippen LogP contribution in [0.25, 0.3) is 0 Å². The van der Waals surface area contributed by atoms with Gasteiger partial charge in [-0.1, -0.05) is 104 Å². The smallest absolute Gasteiger partial charge is 0.748 e. The maximum absolute atomic E-state index is 11.2. The molecule has 0 aromatic rings. The normalized spacial score (nSPS) is 13.9. The Morgan fingerprint density at radius 3 is 1.43 bits per heavy atom. The van der Waals surface area contributed by atoms with Crippen LogP contribution in [0.1, 0.15) is 129 Å². The third-order valence-electron chi connectivity index (χ3n) is 5.47. The molecule has 0 radical (unpaired) electrons. The van der Waals surface area contributed by atoms with E-state index in [0.29, 0.717) is 12.8 Å². The number of unbranched alkanes of at least 4 members (excludes halogenated alkanes) is 11. The van der Waals surface area contributed by atoms with Crippen molar-refractivity contribution in [2.75, 3.05) is 0 Å². The van der Waals surface area contributed by atoms with Gasteiger partial charge in [-0.15, -0.1) is 0 Å². The molecule has 0 saturated heterocycles. The van der Waals surface area contributed by atoms with E-state index in [9.17, 15) is 18.1 Å². The Balaban J connectivity index is 0. The van der Waals surface area contributed by atoms with E-state index in [2.05, 4.69) is 6.92 Å². The Labute approximate surface area is 218 Å². The van der Waals surface area contributed by atoms with Gasteiger partial charge in [0, 0.05) is 5.25 Å². The summed E-state index contributed by atoms with van der Waals surface area (Å²) in [7, 11) is -4.12. The van der Waals surface area contributed by atoms with E-state index in [1.54, 1.807) is 0 Å². The van der Waals surface area contributed by atoms with Gasteiger partial charge in [0.1, 0.15) is 0 Å². The first-order valence-corrected chi connectivity index (χ1v) is 13.0. The van der Waals surface area contributed by atoms with Crippen LogP contribution >= 0.6 is 0 Å². The summed E-state index contributed by atoms with van der Waals surface area (Å²) in [6.07, 6.45) is 18.8. The third-order valence-corrected chi connectivity index (χ3v) is 6.76. The molecule has 2 unspecified atom stereocenters. The molecule has 6 heteroatoms. The van der Waals surface area contributed by atoms with Gasteiger partial charge in [-0.3, -0.25) is 0 Å². The summed E-state index contributed by atoms with van der Waals surface area (Å²) in [4.78, 5) is 0. The summed E-state index contributed by atoms with van der Waals surface area (Å²) in [6, 6.07) is 0. The molecular weight excluding hydrogens is 399 g/mol. The fourth-order valence-corrected chi connectivity index (χ4v) is 4.68. The number of hydrogen-bond acceptors (Lipinski definition) is 4. The molecule has 0 fully saturated rings. The van der Waals surface area contributed by atoms with E-state index in [-0.39, 0.29) is 57.5 Å². The summed E-state index contributed by atoms with van der Waals surface area (Å²) in [6.45, 7) is 4.13. The summed E-state index contributed by atoms with van der Waals surface area (Å²) >= 11 is 0. The molecule has 0 rings (SSSR count). The summed E-state index contributed by atoms with van der Waals surface area (Å²) in [5, 5.41) is 9.26. The maximum Gasteiger partial charge on any atom is 1.00 e. The maximum atomic E-state index is 11.2. The zero-order chi connectivity index (χ0) is 20.4. The predicted octanol–water partition coefficient (Wildman–Crippen LogP) is 3.33. The molecule has 0 saturated carbocycles. The van der Waals surface area contributed by atoms with E-state index in [4.69, 9.17) is 0 Å². The van der Waals surface area contributed by atoms with Crippen molar-refractivity contribution in [1.29, 1.82) is 0 Å². The summed E-state index contributed by atoms with van der Waals surface area (Å²) in [5.41, 5.74) is 0. The molecule has 164 valence electrons. The van der Waals surface area contributed by atoms with Crippen molar-refractivity contribution in [1.82, 2.24) is 0 Å². The molecule has 0 heterocycles. The molecule has 0 aliphatic rings. The van der Waals surface area contributed by atoms with Gasteiger partial charge in [0.05, 0.1) is 16.2 Å². The second kappa shape index (κ2) is 21.7. The zero-order valence-electron chi connectivity index (χ0n) is 19.0. The summed E-state index contributed by atoms with van der Waals surface area (Å²) < 4.78 is 33.5. The number of aliphatic hydroxyl groups excluding tert-OH is 1. The first kappa shape index (κ1) is 31.7. The average Bonchev–Trinajstić information content (AvgIpc) is 2.61. The van der Waals surface area contributed by atoms with E-state index in [1.165, 1.54) is 51.4 Å². The number of hydrogen-bond donors (Lipinski definition) is 1. The van der Waals surface area contributed by atoms with Gasteiger partial charge < -0.3 is 9.66 Å². The SMILES string of the molecule is CCCCCCC(O)CCCCCCCCCCCC(CCC)S(=O)(=O)[O-].[K+]. The quantitative estimate of drug-likeness (QED) is 0.177. The van der Waals surface area contributed by atoms with Gasteiger partial charge in [-0.05, 0) is 25.7 Å². The van der Waals surface area contributed by atoms with E-state index in [0.717, 1.165) is 51.4 Å². The minimum absolute atomic E-state index is 0. The fourth-order valence-electron chi connectivity index (χ4n) is 3.70. The van der Waals surface area contributed by atoms with Crippen molar-refractivity contribution in [2.45, 2.75) is 141 Å². The van der Waals surface area contributed by atoms with Gasteiger partial charge in [-0.2, -0.15) is 0 Å². The van der Waals surface area contributed by atoms with Crippen molar-refractivity contribution < 1.29 is 69.5 Å². The number of rotatable bonds is 20. The standard InChI is InChI=1S/C22H46O4S.K/c1-3-5-6-14-18-21(23)19-15-12-10-8-7-9-11-13-16-20-22(17-4-2)27(24,25)26;/h21-23H,3-20H2,1-2H3,(H,24,25,26);/q;+1/p-1. The van der Waals surface area contributed by atoms with Crippen LogP contribution in [-0.2, 0) is 10.1 Å². The molecule has 0 aromatic carbocycles. The van der Waals surface area contributed by atoms with Gasteiger partial charge >= 0.3 is 51.4 Å². The predicted molar refractivity (Wildman–Crippen MR) is 114 cm³/mol. The largest absolute Gasteiger partial charge is 1.00 e. The molecule has 1 N–H and O–H groups in total. The minimum atomic E-state index is -4.12.